The van der Waals surface area contributed by atoms with Crippen molar-refractivity contribution in [1.29, 1.82) is 0 Å². The lowest BCUT2D eigenvalue weighted by Gasteiger charge is -2.34. The first-order chi connectivity index (χ1) is 11.6. The van der Waals surface area contributed by atoms with Crippen molar-refractivity contribution in [3.63, 3.8) is 0 Å². The number of rotatable bonds is 7. The van der Waals surface area contributed by atoms with Gasteiger partial charge in [0.2, 0.25) is 0 Å². The van der Waals surface area contributed by atoms with E-state index in [9.17, 15) is 9.59 Å². The van der Waals surface area contributed by atoms with Gasteiger partial charge in [-0.05, 0) is 25.0 Å². The van der Waals surface area contributed by atoms with E-state index in [-0.39, 0.29) is 30.9 Å². The number of hydrogen-bond donors (Lipinski definition) is 0. The van der Waals surface area contributed by atoms with Crippen LogP contribution < -0.4 is 4.74 Å². The van der Waals surface area contributed by atoms with Crippen molar-refractivity contribution in [2.75, 3.05) is 20.3 Å². The third kappa shape index (κ3) is 5.41. The molecular weight excluding hydrogens is 330 g/mol. The summed E-state index contributed by atoms with van der Waals surface area (Å²) in [6, 6.07) is 7.24. The van der Waals surface area contributed by atoms with E-state index in [1.54, 1.807) is 17.0 Å². The Morgan fingerprint density at radius 3 is 2.58 bits per heavy atom. The number of para-hydroxylation sites is 1. The van der Waals surface area contributed by atoms with Gasteiger partial charge in [0, 0.05) is 12.6 Å². The van der Waals surface area contributed by atoms with Gasteiger partial charge in [-0.25, -0.2) is 0 Å². The van der Waals surface area contributed by atoms with E-state index in [4.69, 9.17) is 16.3 Å². The van der Waals surface area contributed by atoms with Crippen molar-refractivity contribution in [2.45, 2.75) is 44.6 Å². The number of esters is 1. The zero-order valence-corrected chi connectivity index (χ0v) is 14.8. The summed E-state index contributed by atoms with van der Waals surface area (Å²) in [6.07, 6.45) is 5.56. The van der Waals surface area contributed by atoms with E-state index in [2.05, 4.69) is 4.74 Å². The number of ether oxygens (including phenoxy) is 2. The lowest BCUT2D eigenvalue weighted by Crippen LogP contribution is -2.44. The van der Waals surface area contributed by atoms with Gasteiger partial charge in [0.25, 0.3) is 5.91 Å². The predicted octanol–water partition coefficient (Wildman–Crippen LogP) is 3.44. The fraction of sp³-hybridized carbons (Fsp3) is 0.556. The highest BCUT2D eigenvalue weighted by Gasteiger charge is 2.26. The van der Waals surface area contributed by atoms with Crippen LogP contribution >= 0.6 is 11.6 Å². The number of nitrogens with zero attached hydrogens (tertiary/aromatic N) is 1. The van der Waals surface area contributed by atoms with Gasteiger partial charge >= 0.3 is 5.97 Å². The summed E-state index contributed by atoms with van der Waals surface area (Å²) in [5.41, 5.74) is 0. The van der Waals surface area contributed by atoms with E-state index >= 15 is 0 Å². The molecule has 0 spiro atoms. The van der Waals surface area contributed by atoms with Crippen molar-refractivity contribution < 1.29 is 19.1 Å². The van der Waals surface area contributed by atoms with Gasteiger partial charge in [0.15, 0.2) is 6.61 Å². The molecule has 0 radical (unpaired) electrons. The predicted molar refractivity (Wildman–Crippen MR) is 92.2 cm³/mol. The van der Waals surface area contributed by atoms with E-state index in [1.807, 2.05) is 12.1 Å². The van der Waals surface area contributed by atoms with Crippen LogP contribution in [0.5, 0.6) is 5.75 Å². The highest BCUT2D eigenvalue weighted by Crippen LogP contribution is 2.25. The van der Waals surface area contributed by atoms with Crippen molar-refractivity contribution in [3.8, 4) is 5.75 Å². The molecule has 1 aromatic rings. The minimum absolute atomic E-state index is 0.0819. The molecule has 0 N–H and O–H groups in total. The number of carbonyl (C=O) groups is 2. The normalized spacial score (nSPS) is 14.9. The highest BCUT2D eigenvalue weighted by atomic mass is 35.5. The van der Waals surface area contributed by atoms with Crippen LogP contribution in [0.1, 0.15) is 38.5 Å². The maximum atomic E-state index is 12.6. The van der Waals surface area contributed by atoms with Crippen LogP contribution in [0.4, 0.5) is 0 Å². The summed E-state index contributed by atoms with van der Waals surface area (Å²) in [7, 11) is 1.36. The Bertz CT molecular complexity index is 558. The second-order valence-electron chi connectivity index (χ2n) is 5.92. The summed E-state index contributed by atoms with van der Waals surface area (Å²) in [4.78, 5) is 25.8. The molecule has 5 nitrogen and oxygen atoms in total. The third-order valence-corrected chi connectivity index (χ3v) is 4.62. The van der Waals surface area contributed by atoms with Gasteiger partial charge in [-0.15, -0.1) is 0 Å². The molecule has 2 rings (SSSR count). The smallest absolute Gasteiger partial charge is 0.307 e. The zero-order valence-electron chi connectivity index (χ0n) is 14.0. The standard InChI is InChI=1S/C18H24ClNO4/c1-23-18(22)11-12-20(14-7-3-2-4-8-14)17(21)13-24-16-10-6-5-9-15(16)19/h5-6,9-10,14H,2-4,7-8,11-13H2,1H3. The minimum atomic E-state index is -0.310. The van der Waals surface area contributed by atoms with Crippen LogP contribution in [0.2, 0.25) is 5.02 Å². The lowest BCUT2D eigenvalue weighted by molar-refractivity contribution is -0.143. The molecule has 0 aromatic heterocycles. The number of carbonyl (C=O) groups excluding carboxylic acids is 2. The maximum absolute atomic E-state index is 12.6. The van der Waals surface area contributed by atoms with E-state index < -0.39 is 0 Å². The molecule has 0 heterocycles. The van der Waals surface area contributed by atoms with Gasteiger partial charge < -0.3 is 14.4 Å². The topological polar surface area (TPSA) is 55.8 Å². The average molecular weight is 354 g/mol. The van der Waals surface area contributed by atoms with E-state index in [1.165, 1.54) is 13.5 Å². The second-order valence-corrected chi connectivity index (χ2v) is 6.33. The van der Waals surface area contributed by atoms with Gasteiger partial charge in [-0.3, -0.25) is 9.59 Å². The van der Waals surface area contributed by atoms with Crippen molar-refractivity contribution in [1.82, 2.24) is 4.90 Å². The van der Waals surface area contributed by atoms with Gasteiger partial charge in [0.1, 0.15) is 5.75 Å². The van der Waals surface area contributed by atoms with Crippen LogP contribution in [-0.2, 0) is 14.3 Å². The molecule has 6 heteroatoms. The van der Waals surface area contributed by atoms with Crippen molar-refractivity contribution in [2.24, 2.45) is 0 Å². The number of amides is 1. The van der Waals surface area contributed by atoms with E-state index in [0.717, 1.165) is 25.7 Å². The van der Waals surface area contributed by atoms with Gasteiger partial charge in [-0.2, -0.15) is 0 Å². The summed E-state index contributed by atoms with van der Waals surface area (Å²) >= 11 is 6.05. The Morgan fingerprint density at radius 1 is 1.21 bits per heavy atom. The molecule has 1 saturated carbocycles. The molecule has 0 unspecified atom stereocenters. The first-order valence-electron chi connectivity index (χ1n) is 8.35. The molecule has 1 aliphatic carbocycles. The van der Waals surface area contributed by atoms with Crippen LogP contribution in [-0.4, -0.2) is 43.1 Å². The number of hydrogen-bond acceptors (Lipinski definition) is 4. The lowest BCUT2D eigenvalue weighted by atomic mass is 9.94. The van der Waals surface area contributed by atoms with Crippen molar-refractivity contribution in [3.05, 3.63) is 29.3 Å². The highest BCUT2D eigenvalue weighted by molar-refractivity contribution is 6.32. The Kier molecular flexibility index (Phi) is 7.37. The van der Waals surface area contributed by atoms with Crippen molar-refractivity contribution >= 4 is 23.5 Å². The third-order valence-electron chi connectivity index (χ3n) is 4.31. The Balaban J connectivity index is 1.97. The second kappa shape index (κ2) is 9.52. The van der Waals surface area contributed by atoms with Crippen LogP contribution in [0, 0.1) is 0 Å². The quantitative estimate of drug-likeness (QED) is 0.704. The molecule has 0 atom stereocenters. The minimum Gasteiger partial charge on any atom is -0.482 e. The SMILES string of the molecule is COC(=O)CCN(C(=O)COc1ccccc1Cl)C1CCCCC1. The largest absolute Gasteiger partial charge is 0.482 e. The number of halogens is 1. The molecule has 0 bridgehead atoms. The fourth-order valence-corrected chi connectivity index (χ4v) is 3.19. The Morgan fingerprint density at radius 2 is 1.92 bits per heavy atom. The molecule has 1 amide bonds. The first-order valence-corrected chi connectivity index (χ1v) is 8.73. The van der Waals surface area contributed by atoms with Crippen LogP contribution in [0.3, 0.4) is 0 Å². The molecule has 0 aliphatic heterocycles. The molecule has 132 valence electrons. The molecule has 1 aromatic carbocycles. The van der Waals surface area contributed by atoms with Crippen LogP contribution in [0.25, 0.3) is 0 Å². The number of benzene rings is 1. The first kappa shape index (κ1) is 18.6. The summed E-state index contributed by atoms with van der Waals surface area (Å²) in [5.74, 6) is 0.0606. The molecule has 1 aliphatic rings. The monoisotopic (exact) mass is 353 g/mol. The van der Waals surface area contributed by atoms with Crippen LogP contribution in [0.15, 0.2) is 24.3 Å². The van der Waals surface area contributed by atoms with E-state index in [0.29, 0.717) is 17.3 Å². The average Bonchev–Trinajstić information content (AvgIpc) is 2.62. The summed E-state index contributed by atoms with van der Waals surface area (Å²) in [6.45, 7) is 0.281. The van der Waals surface area contributed by atoms with Gasteiger partial charge in [-0.1, -0.05) is 43.0 Å². The molecule has 1 fully saturated rings. The Labute approximate surface area is 147 Å². The molecule has 24 heavy (non-hydrogen) atoms. The molecular formula is C18H24ClNO4. The maximum Gasteiger partial charge on any atom is 0.307 e. The number of methoxy groups -OCH3 is 1. The van der Waals surface area contributed by atoms with Gasteiger partial charge in [0.05, 0.1) is 18.6 Å². The summed E-state index contributed by atoms with van der Waals surface area (Å²) in [5, 5.41) is 0.476. The molecule has 0 saturated heterocycles. The fourth-order valence-electron chi connectivity index (χ4n) is 3.00. The summed E-state index contributed by atoms with van der Waals surface area (Å²) < 4.78 is 10.3. The Hall–Kier alpha value is -1.75. The zero-order chi connectivity index (χ0) is 17.4.